The highest BCUT2D eigenvalue weighted by atomic mass is 35.5. The molecule has 1 amide bonds. The van der Waals surface area contributed by atoms with Gasteiger partial charge < -0.3 is 5.32 Å². The molecule has 3 aromatic carbocycles. The molecule has 0 radical (unpaired) electrons. The number of para-hydroxylation sites is 1. The van der Waals surface area contributed by atoms with Crippen molar-refractivity contribution < 1.29 is 4.79 Å². The molecule has 4 rings (SSSR count). The van der Waals surface area contributed by atoms with Crippen molar-refractivity contribution in [2.45, 2.75) is 0 Å². The Labute approximate surface area is 168 Å². The summed E-state index contributed by atoms with van der Waals surface area (Å²) in [7, 11) is 0. The second-order valence-electron chi connectivity index (χ2n) is 6.34. The van der Waals surface area contributed by atoms with Crippen molar-refractivity contribution in [1.82, 2.24) is 4.98 Å². The highest BCUT2D eigenvalue weighted by Gasteiger charge is 2.05. The van der Waals surface area contributed by atoms with Crippen molar-refractivity contribution in [1.29, 1.82) is 0 Å². The van der Waals surface area contributed by atoms with Crippen LogP contribution in [0.1, 0.15) is 5.56 Å². The number of carbonyl (C=O) groups excluding carboxylic acids is 1. The molecule has 136 valence electrons. The lowest BCUT2D eigenvalue weighted by Gasteiger charge is -2.07. The van der Waals surface area contributed by atoms with Crippen LogP contribution in [0.15, 0.2) is 91.1 Å². The predicted octanol–water partition coefficient (Wildman–Crippen LogP) is 6.21. The molecule has 0 spiro atoms. The number of hydrogen-bond acceptors (Lipinski definition) is 2. The topological polar surface area (TPSA) is 42.0 Å². The molecule has 0 saturated carbocycles. The van der Waals surface area contributed by atoms with Gasteiger partial charge in [-0.05, 0) is 53.6 Å². The zero-order chi connectivity index (χ0) is 19.3. The first-order chi connectivity index (χ1) is 13.7. The molecule has 0 unspecified atom stereocenters. The lowest BCUT2D eigenvalue weighted by atomic mass is 10.00. The number of nitrogens with zero attached hydrogens (tertiary/aromatic N) is 1. The number of amides is 1. The highest BCUT2D eigenvalue weighted by molar-refractivity contribution is 6.30. The number of anilines is 1. The number of halogens is 1. The minimum atomic E-state index is -0.195. The molecule has 0 aliphatic heterocycles. The SMILES string of the molecule is O=C(/C=C/c1cccc(-c2cccc3cccnc23)c1)Nc1ccc(Cl)cc1. The van der Waals surface area contributed by atoms with Gasteiger partial charge in [0.25, 0.3) is 0 Å². The molecule has 0 aliphatic rings. The molecule has 4 heteroatoms. The van der Waals surface area contributed by atoms with Crippen molar-refractivity contribution in [2.24, 2.45) is 0 Å². The van der Waals surface area contributed by atoms with E-state index >= 15 is 0 Å². The van der Waals surface area contributed by atoms with Gasteiger partial charge in [0.15, 0.2) is 0 Å². The predicted molar refractivity (Wildman–Crippen MR) is 116 cm³/mol. The van der Waals surface area contributed by atoms with E-state index in [0.29, 0.717) is 10.7 Å². The molecule has 1 N–H and O–H groups in total. The Morgan fingerprint density at radius 1 is 0.929 bits per heavy atom. The summed E-state index contributed by atoms with van der Waals surface area (Å²) in [6.45, 7) is 0. The maximum Gasteiger partial charge on any atom is 0.248 e. The van der Waals surface area contributed by atoms with E-state index in [2.05, 4.69) is 40.6 Å². The van der Waals surface area contributed by atoms with Gasteiger partial charge in [-0.2, -0.15) is 0 Å². The third kappa shape index (κ3) is 4.11. The molecule has 0 bridgehead atoms. The number of carbonyl (C=O) groups is 1. The molecule has 1 aromatic heterocycles. The first-order valence-corrected chi connectivity index (χ1v) is 9.26. The molecule has 3 nitrogen and oxygen atoms in total. The zero-order valence-corrected chi connectivity index (χ0v) is 15.7. The number of fused-ring (bicyclic) bond motifs is 1. The summed E-state index contributed by atoms with van der Waals surface area (Å²) in [5.41, 5.74) is 4.74. The number of aromatic nitrogens is 1. The summed E-state index contributed by atoms with van der Waals surface area (Å²) in [6.07, 6.45) is 5.12. The maximum atomic E-state index is 12.2. The summed E-state index contributed by atoms with van der Waals surface area (Å²) in [6, 6.07) is 25.2. The Balaban J connectivity index is 1.56. The molecule has 1 heterocycles. The molecule has 0 atom stereocenters. The summed E-state index contributed by atoms with van der Waals surface area (Å²) in [4.78, 5) is 16.7. The minimum Gasteiger partial charge on any atom is -0.323 e. The third-order valence-electron chi connectivity index (χ3n) is 4.37. The summed E-state index contributed by atoms with van der Waals surface area (Å²) in [5, 5.41) is 4.55. The number of benzene rings is 3. The number of nitrogens with one attached hydrogen (secondary N) is 1. The first kappa shape index (κ1) is 18.0. The largest absolute Gasteiger partial charge is 0.323 e. The molecule has 0 aliphatic carbocycles. The number of rotatable bonds is 4. The van der Waals surface area contributed by atoms with Crippen molar-refractivity contribution in [3.05, 3.63) is 102 Å². The van der Waals surface area contributed by atoms with E-state index in [0.717, 1.165) is 27.6 Å². The second-order valence-corrected chi connectivity index (χ2v) is 6.77. The molecule has 28 heavy (non-hydrogen) atoms. The van der Waals surface area contributed by atoms with Gasteiger partial charge >= 0.3 is 0 Å². The fourth-order valence-corrected chi connectivity index (χ4v) is 3.16. The van der Waals surface area contributed by atoms with Gasteiger partial charge in [0, 0.05) is 33.9 Å². The van der Waals surface area contributed by atoms with Crippen LogP contribution >= 0.6 is 11.6 Å². The molecule has 4 aromatic rings. The van der Waals surface area contributed by atoms with Gasteiger partial charge in [-0.1, -0.05) is 54.1 Å². The Morgan fingerprint density at radius 2 is 1.71 bits per heavy atom. The molecular formula is C24H17ClN2O. The smallest absolute Gasteiger partial charge is 0.248 e. The van der Waals surface area contributed by atoms with E-state index in [4.69, 9.17) is 11.6 Å². The van der Waals surface area contributed by atoms with Gasteiger partial charge in [0.2, 0.25) is 5.91 Å². The third-order valence-corrected chi connectivity index (χ3v) is 4.62. The Hall–Kier alpha value is -3.43. The normalized spacial score (nSPS) is 11.0. The van der Waals surface area contributed by atoms with Crippen LogP contribution in [0.2, 0.25) is 5.02 Å². The van der Waals surface area contributed by atoms with Crippen LogP contribution in [-0.2, 0) is 4.79 Å². The van der Waals surface area contributed by atoms with E-state index in [-0.39, 0.29) is 5.91 Å². The average molecular weight is 385 g/mol. The van der Waals surface area contributed by atoms with Crippen LogP contribution in [0.5, 0.6) is 0 Å². The number of hydrogen-bond donors (Lipinski definition) is 1. The molecule has 0 fully saturated rings. The van der Waals surface area contributed by atoms with Crippen LogP contribution in [0.3, 0.4) is 0 Å². The van der Waals surface area contributed by atoms with Gasteiger partial charge in [0.05, 0.1) is 5.52 Å². The van der Waals surface area contributed by atoms with Crippen LogP contribution in [0.25, 0.3) is 28.1 Å². The second kappa shape index (κ2) is 8.07. The van der Waals surface area contributed by atoms with E-state index in [1.807, 2.05) is 24.3 Å². The Morgan fingerprint density at radius 3 is 2.57 bits per heavy atom. The summed E-state index contributed by atoms with van der Waals surface area (Å²) < 4.78 is 0. The Bertz CT molecular complexity index is 1160. The van der Waals surface area contributed by atoms with Crippen LogP contribution in [0.4, 0.5) is 5.69 Å². The van der Waals surface area contributed by atoms with Gasteiger partial charge in [0.1, 0.15) is 0 Å². The van der Waals surface area contributed by atoms with Crippen LogP contribution in [0, 0.1) is 0 Å². The fraction of sp³-hybridized carbons (Fsp3) is 0. The average Bonchev–Trinajstić information content (AvgIpc) is 2.74. The van der Waals surface area contributed by atoms with Crippen molar-refractivity contribution in [2.75, 3.05) is 5.32 Å². The van der Waals surface area contributed by atoms with Crippen molar-refractivity contribution in [3.8, 4) is 11.1 Å². The Kier molecular flexibility index (Phi) is 5.18. The lowest BCUT2D eigenvalue weighted by Crippen LogP contribution is -2.07. The van der Waals surface area contributed by atoms with Crippen molar-refractivity contribution >= 4 is 40.2 Å². The molecular weight excluding hydrogens is 368 g/mol. The van der Waals surface area contributed by atoms with E-state index < -0.39 is 0 Å². The molecule has 0 saturated heterocycles. The van der Waals surface area contributed by atoms with Crippen LogP contribution < -0.4 is 5.32 Å². The van der Waals surface area contributed by atoms with Crippen molar-refractivity contribution in [3.63, 3.8) is 0 Å². The fourth-order valence-electron chi connectivity index (χ4n) is 3.04. The van der Waals surface area contributed by atoms with Gasteiger partial charge in [-0.3, -0.25) is 9.78 Å². The summed E-state index contributed by atoms with van der Waals surface area (Å²) in [5.74, 6) is -0.195. The minimum absolute atomic E-state index is 0.195. The monoisotopic (exact) mass is 384 g/mol. The van der Waals surface area contributed by atoms with Gasteiger partial charge in [-0.15, -0.1) is 0 Å². The standard InChI is InChI=1S/C24H17ClN2O/c25-20-10-12-21(13-11-20)27-23(28)14-9-17-4-1-6-19(16-17)22-8-2-5-18-7-3-15-26-24(18)22/h1-16H,(H,27,28)/b14-9+. The quantitative estimate of drug-likeness (QED) is 0.425. The maximum absolute atomic E-state index is 12.2. The van der Waals surface area contributed by atoms with Crippen LogP contribution in [-0.4, -0.2) is 10.9 Å². The van der Waals surface area contributed by atoms with E-state index in [1.165, 1.54) is 6.08 Å². The van der Waals surface area contributed by atoms with E-state index in [1.54, 1.807) is 36.5 Å². The highest BCUT2D eigenvalue weighted by Crippen LogP contribution is 2.27. The zero-order valence-electron chi connectivity index (χ0n) is 15.0. The summed E-state index contributed by atoms with van der Waals surface area (Å²) >= 11 is 5.86. The van der Waals surface area contributed by atoms with E-state index in [9.17, 15) is 4.79 Å². The number of pyridine rings is 1. The lowest BCUT2D eigenvalue weighted by molar-refractivity contribution is -0.111. The first-order valence-electron chi connectivity index (χ1n) is 8.88. The van der Waals surface area contributed by atoms with Gasteiger partial charge in [-0.25, -0.2) is 0 Å².